The molecule has 33 heavy (non-hydrogen) atoms. The Balaban J connectivity index is 2.01. The second-order valence-electron chi connectivity index (χ2n) is 8.68. The van der Waals surface area contributed by atoms with Crippen molar-refractivity contribution in [3.05, 3.63) is 65.1 Å². The normalized spacial score (nSPS) is 12.6. The summed E-state index contributed by atoms with van der Waals surface area (Å²) in [6.07, 6.45) is 0. The summed E-state index contributed by atoms with van der Waals surface area (Å²) in [5.74, 6) is -3.98. The molecule has 3 N–H and O–H groups in total. The SMILES string of the molecule is CC(C)(C)C(NC(=O)c1nn(Cc2ccc(F)cc2)c2c(F)c(F)ccc12)C(=O)NCCO. The van der Waals surface area contributed by atoms with Crippen LogP contribution in [0.15, 0.2) is 36.4 Å². The molecule has 0 aliphatic heterocycles. The number of nitrogens with zero attached hydrogens (tertiary/aromatic N) is 2. The molecule has 2 amide bonds. The van der Waals surface area contributed by atoms with Crippen molar-refractivity contribution in [3.8, 4) is 0 Å². The van der Waals surface area contributed by atoms with Gasteiger partial charge in [0.05, 0.1) is 13.2 Å². The molecule has 7 nitrogen and oxygen atoms in total. The molecule has 0 bridgehead atoms. The first-order valence-corrected chi connectivity index (χ1v) is 10.3. The van der Waals surface area contributed by atoms with E-state index in [4.69, 9.17) is 5.11 Å². The number of hydrogen-bond donors (Lipinski definition) is 3. The van der Waals surface area contributed by atoms with Crippen LogP contribution in [0.5, 0.6) is 0 Å². The molecule has 0 saturated carbocycles. The van der Waals surface area contributed by atoms with Crippen molar-refractivity contribution in [2.24, 2.45) is 5.41 Å². The second kappa shape index (κ2) is 9.62. The molecule has 1 heterocycles. The minimum absolute atomic E-state index is 0.0149. The van der Waals surface area contributed by atoms with Crippen molar-refractivity contribution in [1.29, 1.82) is 0 Å². The number of aliphatic hydroxyl groups is 1. The number of rotatable bonds is 7. The van der Waals surface area contributed by atoms with Crippen LogP contribution in [0.2, 0.25) is 0 Å². The third kappa shape index (κ3) is 5.33. The number of nitrogens with one attached hydrogen (secondary N) is 2. The van der Waals surface area contributed by atoms with E-state index in [9.17, 15) is 22.8 Å². The molecule has 0 saturated heterocycles. The van der Waals surface area contributed by atoms with Gasteiger partial charge in [-0.3, -0.25) is 14.3 Å². The number of carbonyl (C=O) groups excluding carboxylic acids is 2. The van der Waals surface area contributed by atoms with E-state index in [-0.39, 0.29) is 36.3 Å². The van der Waals surface area contributed by atoms with Gasteiger partial charge < -0.3 is 15.7 Å². The number of halogens is 3. The van der Waals surface area contributed by atoms with Gasteiger partial charge in [-0.15, -0.1) is 0 Å². The highest BCUT2D eigenvalue weighted by Crippen LogP contribution is 2.26. The van der Waals surface area contributed by atoms with E-state index < -0.39 is 40.7 Å². The van der Waals surface area contributed by atoms with Crippen LogP contribution < -0.4 is 10.6 Å². The van der Waals surface area contributed by atoms with Gasteiger partial charge in [0.2, 0.25) is 5.91 Å². The molecule has 10 heteroatoms. The van der Waals surface area contributed by atoms with Gasteiger partial charge in [-0.1, -0.05) is 32.9 Å². The highest BCUT2D eigenvalue weighted by molar-refractivity contribution is 6.06. The number of benzene rings is 2. The quantitative estimate of drug-likeness (QED) is 0.503. The van der Waals surface area contributed by atoms with E-state index in [0.29, 0.717) is 5.56 Å². The average molecular weight is 462 g/mol. The Labute approximate surface area is 188 Å². The Morgan fingerprint density at radius 2 is 1.76 bits per heavy atom. The Morgan fingerprint density at radius 1 is 1.09 bits per heavy atom. The minimum atomic E-state index is -1.17. The van der Waals surface area contributed by atoms with Crippen LogP contribution in [0.25, 0.3) is 10.9 Å². The topological polar surface area (TPSA) is 96.2 Å². The third-order valence-corrected chi connectivity index (χ3v) is 5.08. The van der Waals surface area contributed by atoms with Crippen LogP contribution in [-0.4, -0.2) is 45.9 Å². The first kappa shape index (κ1) is 24.2. The number of amides is 2. The van der Waals surface area contributed by atoms with Gasteiger partial charge >= 0.3 is 0 Å². The molecule has 0 radical (unpaired) electrons. The molecule has 0 aliphatic rings. The summed E-state index contributed by atoms with van der Waals surface area (Å²) in [6.45, 7) is 4.95. The highest BCUT2D eigenvalue weighted by atomic mass is 19.2. The lowest BCUT2D eigenvalue weighted by molar-refractivity contribution is -0.125. The van der Waals surface area contributed by atoms with Crippen LogP contribution in [0.1, 0.15) is 36.8 Å². The maximum absolute atomic E-state index is 14.7. The predicted molar refractivity (Wildman–Crippen MR) is 116 cm³/mol. The van der Waals surface area contributed by atoms with Crippen molar-refractivity contribution in [1.82, 2.24) is 20.4 Å². The molecular weight excluding hydrogens is 437 g/mol. The highest BCUT2D eigenvalue weighted by Gasteiger charge is 2.34. The van der Waals surface area contributed by atoms with Gasteiger partial charge in [-0.2, -0.15) is 5.10 Å². The summed E-state index contributed by atoms with van der Waals surface area (Å²) in [5, 5.41) is 18.4. The molecule has 1 unspecified atom stereocenters. The summed E-state index contributed by atoms with van der Waals surface area (Å²) >= 11 is 0. The lowest BCUT2D eigenvalue weighted by Crippen LogP contribution is -2.54. The van der Waals surface area contributed by atoms with Crippen LogP contribution >= 0.6 is 0 Å². The number of hydrogen-bond acceptors (Lipinski definition) is 4. The fraction of sp³-hybridized carbons (Fsp3) is 0.348. The Hall–Kier alpha value is -3.40. The van der Waals surface area contributed by atoms with E-state index in [2.05, 4.69) is 15.7 Å². The zero-order valence-electron chi connectivity index (χ0n) is 18.5. The van der Waals surface area contributed by atoms with E-state index in [0.717, 1.165) is 10.7 Å². The summed E-state index contributed by atoms with van der Waals surface area (Å²) < 4.78 is 43.1. The van der Waals surface area contributed by atoms with Gasteiger partial charge in [-0.05, 0) is 35.2 Å². The van der Waals surface area contributed by atoms with Gasteiger partial charge in [0.25, 0.3) is 5.91 Å². The van der Waals surface area contributed by atoms with E-state index in [1.165, 1.54) is 30.3 Å². The molecule has 1 aromatic heterocycles. The van der Waals surface area contributed by atoms with Crippen LogP contribution in [0.4, 0.5) is 13.2 Å². The van der Waals surface area contributed by atoms with E-state index in [1.54, 1.807) is 20.8 Å². The van der Waals surface area contributed by atoms with Crippen molar-refractivity contribution < 1.29 is 27.9 Å². The summed E-state index contributed by atoms with van der Waals surface area (Å²) in [7, 11) is 0. The molecule has 3 rings (SSSR count). The number of aliphatic hydroxyl groups excluding tert-OH is 1. The Bertz CT molecular complexity index is 1170. The number of carbonyl (C=O) groups is 2. The summed E-state index contributed by atoms with van der Waals surface area (Å²) in [4.78, 5) is 25.7. The van der Waals surface area contributed by atoms with Crippen LogP contribution in [0, 0.1) is 22.9 Å². The molecule has 2 aromatic carbocycles. The summed E-state index contributed by atoms with van der Waals surface area (Å²) in [6, 6.07) is 6.55. The predicted octanol–water partition coefficient (Wildman–Crippen LogP) is 2.75. The monoisotopic (exact) mass is 462 g/mol. The molecule has 3 aromatic rings. The minimum Gasteiger partial charge on any atom is -0.395 e. The molecule has 0 spiro atoms. The van der Waals surface area contributed by atoms with Crippen molar-refractivity contribution in [3.63, 3.8) is 0 Å². The lowest BCUT2D eigenvalue weighted by Gasteiger charge is -2.30. The fourth-order valence-corrected chi connectivity index (χ4v) is 3.41. The standard InChI is InChI=1S/C23H25F3N4O3/c1-23(2,3)20(22(33)27-10-11-31)28-21(32)18-15-8-9-16(25)17(26)19(15)30(29-18)12-13-4-6-14(24)7-5-13/h4-9,20,31H,10-12H2,1-3H3,(H,27,33)(H,28,32). The largest absolute Gasteiger partial charge is 0.395 e. The van der Waals surface area contributed by atoms with Gasteiger partial charge in [0.1, 0.15) is 17.4 Å². The van der Waals surface area contributed by atoms with Gasteiger partial charge in [0.15, 0.2) is 17.3 Å². The zero-order valence-corrected chi connectivity index (χ0v) is 18.5. The number of fused-ring (bicyclic) bond motifs is 1. The molecule has 0 fully saturated rings. The molecule has 1 atom stereocenters. The van der Waals surface area contributed by atoms with E-state index >= 15 is 0 Å². The van der Waals surface area contributed by atoms with Crippen molar-refractivity contribution >= 4 is 22.7 Å². The van der Waals surface area contributed by atoms with Gasteiger partial charge in [0, 0.05) is 11.9 Å². The smallest absolute Gasteiger partial charge is 0.273 e. The first-order chi connectivity index (χ1) is 15.5. The van der Waals surface area contributed by atoms with Crippen molar-refractivity contribution in [2.75, 3.05) is 13.2 Å². The fourth-order valence-electron chi connectivity index (χ4n) is 3.41. The zero-order chi connectivity index (χ0) is 24.3. The van der Waals surface area contributed by atoms with E-state index in [1.807, 2.05) is 0 Å². The average Bonchev–Trinajstić information content (AvgIpc) is 3.12. The summed E-state index contributed by atoms with van der Waals surface area (Å²) in [5.41, 5.74) is -0.539. The Morgan fingerprint density at radius 3 is 2.36 bits per heavy atom. The maximum atomic E-state index is 14.7. The van der Waals surface area contributed by atoms with Crippen molar-refractivity contribution in [2.45, 2.75) is 33.4 Å². The Kier molecular flexibility index (Phi) is 7.06. The van der Waals surface area contributed by atoms with Gasteiger partial charge in [-0.25, -0.2) is 13.2 Å². The van der Waals surface area contributed by atoms with Crippen LogP contribution in [0.3, 0.4) is 0 Å². The third-order valence-electron chi connectivity index (χ3n) is 5.08. The maximum Gasteiger partial charge on any atom is 0.273 e. The molecular formula is C23H25F3N4O3. The van der Waals surface area contributed by atoms with Crippen LogP contribution in [-0.2, 0) is 11.3 Å². The molecule has 176 valence electrons. The lowest BCUT2D eigenvalue weighted by atomic mass is 9.86. The number of aromatic nitrogens is 2. The second-order valence-corrected chi connectivity index (χ2v) is 8.68. The molecule has 0 aliphatic carbocycles. The first-order valence-electron chi connectivity index (χ1n) is 10.3.